The molecular formula is C32H44N2O6. The van der Waals surface area contributed by atoms with Crippen LogP contribution in [0.15, 0.2) is 48.5 Å². The first-order chi connectivity index (χ1) is 18.7. The van der Waals surface area contributed by atoms with Gasteiger partial charge in [-0.1, -0.05) is 69.3 Å². The van der Waals surface area contributed by atoms with Crippen molar-refractivity contribution in [2.75, 3.05) is 19.7 Å². The molecule has 8 nitrogen and oxygen atoms in total. The summed E-state index contributed by atoms with van der Waals surface area (Å²) in [4.78, 5) is 38.8. The lowest BCUT2D eigenvalue weighted by atomic mass is 9.88. The second-order valence-corrected chi connectivity index (χ2v) is 12.7. The zero-order valence-corrected chi connectivity index (χ0v) is 24.7. The maximum Gasteiger partial charge on any atom is 0.409 e. The molecule has 2 aromatic rings. The van der Waals surface area contributed by atoms with Crippen molar-refractivity contribution < 1.29 is 29.0 Å². The minimum absolute atomic E-state index is 0.0196. The molecule has 40 heavy (non-hydrogen) atoms. The van der Waals surface area contributed by atoms with Gasteiger partial charge >= 0.3 is 18.2 Å². The molecule has 1 atom stereocenters. The summed E-state index contributed by atoms with van der Waals surface area (Å²) in [5.74, 6) is -1.02. The molecule has 1 aliphatic rings. The van der Waals surface area contributed by atoms with Crippen molar-refractivity contribution in [1.29, 1.82) is 0 Å². The largest absolute Gasteiger partial charge is 0.481 e. The molecule has 1 aliphatic carbocycles. The van der Waals surface area contributed by atoms with Crippen molar-refractivity contribution in [3.05, 3.63) is 59.7 Å². The van der Waals surface area contributed by atoms with Gasteiger partial charge in [0, 0.05) is 31.5 Å². The normalized spacial score (nSPS) is 13.7. The first-order valence-corrected chi connectivity index (χ1v) is 14.0. The molecule has 0 saturated carbocycles. The van der Waals surface area contributed by atoms with Crippen molar-refractivity contribution in [2.24, 2.45) is 5.41 Å². The van der Waals surface area contributed by atoms with Crippen molar-refractivity contribution in [2.45, 2.75) is 84.8 Å². The highest BCUT2D eigenvalue weighted by atomic mass is 16.6. The Balaban J connectivity index is 1.76. The molecule has 2 amide bonds. The van der Waals surface area contributed by atoms with E-state index in [9.17, 15) is 19.5 Å². The van der Waals surface area contributed by atoms with Gasteiger partial charge in [0.25, 0.3) is 0 Å². The van der Waals surface area contributed by atoms with Crippen LogP contribution in [0.3, 0.4) is 0 Å². The second-order valence-electron chi connectivity index (χ2n) is 12.7. The topological polar surface area (TPSA) is 105 Å². The van der Waals surface area contributed by atoms with Gasteiger partial charge in [-0.15, -0.1) is 0 Å². The molecule has 0 spiro atoms. The van der Waals surface area contributed by atoms with E-state index in [0.717, 1.165) is 28.7 Å². The zero-order valence-electron chi connectivity index (χ0n) is 24.7. The Bertz CT molecular complexity index is 1130. The van der Waals surface area contributed by atoms with Crippen LogP contribution in [0.1, 0.15) is 84.3 Å². The number of aliphatic carboxylic acids is 1. The Morgan fingerprint density at radius 2 is 1.52 bits per heavy atom. The fourth-order valence-corrected chi connectivity index (χ4v) is 4.92. The molecule has 2 aromatic carbocycles. The molecular weight excluding hydrogens is 508 g/mol. The predicted octanol–water partition coefficient (Wildman–Crippen LogP) is 6.82. The van der Waals surface area contributed by atoms with E-state index in [1.165, 1.54) is 4.90 Å². The van der Waals surface area contributed by atoms with Gasteiger partial charge in [0.15, 0.2) is 0 Å². The van der Waals surface area contributed by atoms with Crippen LogP contribution < -0.4 is 5.32 Å². The van der Waals surface area contributed by atoms with E-state index < -0.39 is 23.8 Å². The lowest BCUT2D eigenvalue weighted by Crippen LogP contribution is -2.48. The van der Waals surface area contributed by atoms with Gasteiger partial charge in [-0.2, -0.15) is 0 Å². The lowest BCUT2D eigenvalue weighted by molar-refractivity contribution is -0.137. The summed E-state index contributed by atoms with van der Waals surface area (Å²) in [6.45, 7) is 12.3. The van der Waals surface area contributed by atoms with Crippen LogP contribution in [0, 0.1) is 5.41 Å². The number of amides is 2. The standard InChI is InChI=1S/C32H44N2O6/c1-31(2,3)18-17-22(33-29(37)40-32(4,5)6)20-34(19-11-16-28(35)36)30(38)39-21-27-25-14-9-7-12-23(25)24-13-8-10-15-26(24)27/h7-10,12-15,22,27H,11,16-21H2,1-6H3,(H,33,37)(H,35,36). The third-order valence-corrected chi connectivity index (χ3v) is 6.82. The Kier molecular flexibility index (Phi) is 10.2. The number of carboxylic acid groups (broad SMARTS) is 1. The maximum absolute atomic E-state index is 13.5. The van der Waals surface area contributed by atoms with E-state index in [2.05, 4.69) is 50.4 Å². The smallest absolute Gasteiger partial charge is 0.409 e. The van der Waals surface area contributed by atoms with Gasteiger partial charge in [0.1, 0.15) is 12.2 Å². The maximum atomic E-state index is 13.5. The van der Waals surface area contributed by atoms with E-state index in [4.69, 9.17) is 9.47 Å². The minimum Gasteiger partial charge on any atom is -0.481 e. The van der Waals surface area contributed by atoms with Crippen molar-refractivity contribution in [3.63, 3.8) is 0 Å². The van der Waals surface area contributed by atoms with Crippen LogP contribution in [0.4, 0.5) is 9.59 Å². The molecule has 2 N–H and O–H groups in total. The number of nitrogens with one attached hydrogen (secondary N) is 1. The van der Waals surface area contributed by atoms with Gasteiger partial charge in [-0.3, -0.25) is 4.79 Å². The third kappa shape index (κ3) is 9.28. The average Bonchev–Trinajstić information content (AvgIpc) is 3.17. The summed E-state index contributed by atoms with van der Waals surface area (Å²) in [5, 5.41) is 12.1. The van der Waals surface area contributed by atoms with Gasteiger partial charge in [-0.05, 0) is 67.7 Å². The van der Waals surface area contributed by atoms with Crippen LogP contribution >= 0.6 is 0 Å². The number of nitrogens with zero attached hydrogens (tertiary/aromatic N) is 1. The fourth-order valence-electron chi connectivity index (χ4n) is 4.92. The number of hydrogen-bond donors (Lipinski definition) is 2. The minimum atomic E-state index is -0.927. The second kappa shape index (κ2) is 13.2. The Morgan fingerprint density at radius 3 is 2.05 bits per heavy atom. The quantitative estimate of drug-likeness (QED) is 0.317. The number of carbonyl (C=O) groups is 3. The van der Waals surface area contributed by atoms with Crippen LogP contribution in [0.2, 0.25) is 0 Å². The van der Waals surface area contributed by atoms with Crippen LogP contribution in [0.5, 0.6) is 0 Å². The van der Waals surface area contributed by atoms with Gasteiger partial charge in [0.05, 0.1) is 0 Å². The zero-order chi connectivity index (χ0) is 29.5. The van der Waals surface area contributed by atoms with Gasteiger partial charge < -0.3 is 24.8 Å². The van der Waals surface area contributed by atoms with Crippen LogP contribution in [-0.4, -0.2) is 59.5 Å². The summed E-state index contributed by atoms with van der Waals surface area (Å²) in [5.41, 5.74) is 3.87. The monoisotopic (exact) mass is 552 g/mol. The molecule has 8 heteroatoms. The van der Waals surface area contributed by atoms with E-state index in [-0.39, 0.29) is 49.9 Å². The van der Waals surface area contributed by atoms with Crippen molar-refractivity contribution >= 4 is 18.2 Å². The molecule has 218 valence electrons. The first kappa shape index (κ1) is 31.0. The summed E-state index contributed by atoms with van der Waals surface area (Å²) in [6, 6.07) is 15.9. The molecule has 0 aliphatic heterocycles. The van der Waals surface area contributed by atoms with E-state index in [0.29, 0.717) is 6.42 Å². The van der Waals surface area contributed by atoms with Gasteiger partial charge in [0.2, 0.25) is 0 Å². The Labute approximate surface area is 238 Å². The highest BCUT2D eigenvalue weighted by Crippen LogP contribution is 2.44. The van der Waals surface area contributed by atoms with Crippen LogP contribution in [0.25, 0.3) is 11.1 Å². The number of carboxylic acids is 1. The number of benzene rings is 2. The number of fused-ring (bicyclic) bond motifs is 3. The van der Waals surface area contributed by atoms with Crippen molar-refractivity contribution in [3.8, 4) is 11.1 Å². The molecule has 0 bridgehead atoms. The average molecular weight is 553 g/mol. The predicted molar refractivity (Wildman–Crippen MR) is 155 cm³/mol. The molecule has 1 unspecified atom stereocenters. The third-order valence-electron chi connectivity index (χ3n) is 6.82. The highest BCUT2D eigenvalue weighted by Gasteiger charge is 2.31. The van der Waals surface area contributed by atoms with E-state index >= 15 is 0 Å². The van der Waals surface area contributed by atoms with Crippen LogP contribution in [-0.2, 0) is 14.3 Å². The number of hydrogen-bond acceptors (Lipinski definition) is 5. The molecule has 3 rings (SSSR count). The summed E-state index contributed by atoms with van der Waals surface area (Å²) >= 11 is 0. The van der Waals surface area contributed by atoms with E-state index in [1.807, 2.05) is 24.3 Å². The SMILES string of the molecule is CC(C)(C)CCC(CN(CCCC(=O)O)C(=O)OCC1c2ccccc2-c2ccccc21)NC(=O)OC(C)(C)C. The lowest BCUT2D eigenvalue weighted by Gasteiger charge is -2.30. The summed E-state index contributed by atoms with van der Waals surface area (Å²) in [7, 11) is 0. The fraction of sp³-hybridized carbons (Fsp3) is 0.531. The summed E-state index contributed by atoms with van der Waals surface area (Å²) in [6.07, 6.45) is 0.552. The van der Waals surface area contributed by atoms with Gasteiger partial charge in [-0.25, -0.2) is 9.59 Å². The molecule has 0 aromatic heterocycles. The van der Waals surface area contributed by atoms with Crippen molar-refractivity contribution in [1.82, 2.24) is 10.2 Å². The Morgan fingerprint density at radius 1 is 0.950 bits per heavy atom. The first-order valence-electron chi connectivity index (χ1n) is 14.0. The number of carbonyl (C=O) groups excluding carboxylic acids is 2. The Hall–Kier alpha value is -3.55. The molecule has 0 fully saturated rings. The molecule has 0 radical (unpaired) electrons. The highest BCUT2D eigenvalue weighted by molar-refractivity contribution is 5.79. The number of ether oxygens (including phenoxy) is 2. The molecule has 0 saturated heterocycles. The molecule has 0 heterocycles. The number of rotatable bonds is 11. The summed E-state index contributed by atoms with van der Waals surface area (Å²) < 4.78 is 11.4. The van der Waals surface area contributed by atoms with E-state index in [1.54, 1.807) is 20.8 Å². The number of alkyl carbamates (subject to hydrolysis) is 1.